The van der Waals surface area contributed by atoms with Crippen LogP contribution in [0.3, 0.4) is 0 Å². The minimum Gasteiger partial charge on any atom is -0.477 e. The second kappa shape index (κ2) is 10.5. The van der Waals surface area contributed by atoms with Crippen LogP contribution in [0.25, 0.3) is 0 Å². The predicted molar refractivity (Wildman–Crippen MR) is 80.9 cm³/mol. The molecule has 1 heterocycles. The Morgan fingerprint density at radius 3 is 2.57 bits per heavy atom. The Kier molecular flexibility index (Phi) is 9.08. The van der Waals surface area contributed by atoms with Crippen molar-refractivity contribution in [2.75, 3.05) is 33.5 Å². The van der Waals surface area contributed by atoms with Crippen molar-refractivity contribution in [3.8, 4) is 0 Å². The first-order valence-corrected chi connectivity index (χ1v) is 7.97. The minimum absolute atomic E-state index is 0.227. The zero-order valence-corrected chi connectivity index (χ0v) is 13.6. The molecule has 0 bridgehead atoms. The van der Waals surface area contributed by atoms with Crippen molar-refractivity contribution in [3.05, 3.63) is 0 Å². The molecular formula is C15H27NO7. The molecule has 0 aromatic carbocycles. The van der Waals surface area contributed by atoms with Gasteiger partial charge in [0.05, 0.1) is 19.3 Å². The Morgan fingerprint density at radius 2 is 1.96 bits per heavy atom. The highest BCUT2D eigenvalue weighted by Gasteiger charge is 2.51. The second-order valence-corrected chi connectivity index (χ2v) is 5.50. The highest BCUT2D eigenvalue weighted by Crippen LogP contribution is 2.28. The number of methoxy groups -OCH3 is 1. The molecule has 0 saturated carbocycles. The van der Waals surface area contributed by atoms with Gasteiger partial charge in [-0.3, -0.25) is 4.79 Å². The van der Waals surface area contributed by atoms with Crippen molar-refractivity contribution in [2.24, 2.45) is 0 Å². The smallest absolute Gasteiger partial charge is 0.366 e. The van der Waals surface area contributed by atoms with E-state index in [2.05, 4.69) is 5.32 Å². The summed E-state index contributed by atoms with van der Waals surface area (Å²) >= 11 is 0. The molecule has 8 heteroatoms. The Bertz CT molecular complexity index is 377. The lowest BCUT2D eigenvalue weighted by molar-refractivity contribution is -0.268. The highest BCUT2D eigenvalue weighted by atomic mass is 16.7. The molecule has 3 N–H and O–H groups in total. The SMILES string of the molecule is COCCCCCCOC1(C(=O)O)OCCCC1NC(=O)CO. The Labute approximate surface area is 136 Å². The number of aliphatic hydroxyl groups is 1. The fraction of sp³-hybridized carbons (Fsp3) is 0.867. The molecule has 0 aromatic heterocycles. The van der Waals surface area contributed by atoms with E-state index in [0.717, 1.165) is 19.3 Å². The Morgan fingerprint density at radius 1 is 1.26 bits per heavy atom. The lowest BCUT2D eigenvalue weighted by Crippen LogP contribution is -2.63. The summed E-state index contributed by atoms with van der Waals surface area (Å²) in [5.74, 6) is -3.79. The number of unbranched alkanes of at least 4 members (excludes halogenated alkanes) is 3. The minimum atomic E-state index is -1.88. The summed E-state index contributed by atoms with van der Waals surface area (Å²) in [7, 11) is 1.65. The zero-order chi connectivity index (χ0) is 17.1. The van der Waals surface area contributed by atoms with Gasteiger partial charge in [-0.2, -0.15) is 0 Å². The summed E-state index contributed by atoms with van der Waals surface area (Å²) in [6.07, 6.45) is 4.56. The van der Waals surface area contributed by atoms with Crippen LogP contribution in [-0.4, -0.2) is 67.5 Å². The maximum absolute atomic E-state index is 11.7. The number of carboxylic acid groups (broad SMARTS) is 1. The molecule has 0 aliphatic carbocycles. The number of aliphatic hydroxyl groups excluding tert-OH is 1. The number of carboxylic acids is 1. The number of amides is 1. The van der Waals surface area contributed by atoms with Crippen LogP contribution in [0.5, 0.6) is 0 Å². The molecular weight excluding hydrogens is 306 g/mol. The summed E-state index contributed by atoms with van der Waals surface area (Å²) in [5.41, 5.74) is 0. The van der Waals surface area contributed by atoms with E-state index in [0.29, 0.717) is 25.9 Å². The topological polar surface area (TPSA) is 114 Å². The lowest BCUT2D eigenvalue weighted by atomic mass is 9.98. The maximum atomic E-state index is 11.7. The van der Waals surface area contributed by atoms with Gasteiger partial charge in [-0.25, -0.2) is 4.79 Å². The van der Waals surface area contributed by atoms with Gasteiger partial charge in [0.15, 0.2) is 0 Å². The fourth-order valence-electron chi connectivity index (χ4n) is 2.55. The third-order valence-corrected chi connectivity index (χ3v) is 3.75. The first-order chi connectivity index (χ1) is 11.1. The maximum Gasteiger partial charge on any atom is 0.366 e. The molecule has 1 rings (SSSR count). The van der Waals surface area contributed by atoms with Crippen molar-refractivity contribution in [2.45, 2.75) is 50.4 Å². The number of hydrogen-bond acceptors (Lipinski definition) is 6. The largest absolute Gasteiger partial charge is 0.477 e. The number of hydrogen-bond donors (Lipinski definition) is 3. The average molecular weight is 333 g/mol. The Balaban J connectivity index is 2.54. The van der Waals surface area contributed by atoms with Gasteiger partial charge >= 0.3 is 5.97 Å². The number of aliphatic carboxylic acids is 1. The molecule has 1 fully saturated rings. The second-order valence-electron chi connectivity index (χ2n) is 5.50. The van der Waals surface area contributed by atoms with Gasteiger partial charge in [0.25, 0.3) is 5.79 Å². The van der Waals surface area contributed by atoms with Crippen molar-refractivity contribution >= 4 is 11.9 Å². The first kappa shape index (κ1) is 19.8. The number of nitrogens with one attached hydrogen (secondary N) is 1. The van der Waals surface area contributed by atoms with E-state index in [1.54, 1.807) is 7.11 Å². The van der Waals surface area contributed by atoms with Crippen molar-refractivity contribution < 1.29 is 34.0 Å². The van der Waals surface area contributed by atoms with Gasteiger partial charge in [-0.15, -0.1) is 0 Å². The number of carbonyl (C=O) groups is 2. The molecule has 23 heavy (non-hydrogen) atoms. The van der Waals surface area contributed by atoms with Crippen molar-refractivity contribution in [3.63, 3.8) is 0 Å². The lowest BCUT2D eigenvalue weighted by Gasteiger charge is -2.40. The molecule has 2 atom stereocenters. The zero-order valence-electron chi connectivity index (χ0n) is 13.6. The molecule has 0 spiro atoms. The van der Waals surface area contributed by atoms with Gasteiger partial charge in [0.1, 0.15) is 6.61 Å². The van der Waals surface area contributed by atoms with Crippen LogP contribution in [0, 0.1) is 0 Å². The standard InChI is InChI=1S/C15H27NO7/c1-21-8-4-2-3-5-9-22-15(14(19)20)12(7-6-10-23-15)16-13(18)11-17/h12,17H,2-11H2,1H3,(H,16,18)(H,19,20). The summed E-state index contributed by atoms with van der Waals surface area (Å²) < 4.78 is 15.9. The van der Waals surface area contributed by atoms with Crippen molar-refractivity contribution in [1.29, 1.82) is 0 Å². The van der Waals surface area contributed by atoms with E-state index in [-0.39, 0.29) is 13.2 Å². The van der Waals surface area contributed by atoms with E-state index in [4.69, 9.17) is 19.3 Å². The fourth-order valence-corrected chi connectivity index (χ4v) is 2.55. The van der Waals surface area contributed by atoms with E-state index in [1.165, 1.54) is 0 Å². The quantitative estimate of drug-likeness (QED) is 0.465. The molecule has 8 nitrogen and oxygen atoms in total. The molecule has 1 aliphatic rings. The van der Waals surface area contributed by atoms with Gasteiger partial charge in [0, 0.05) is 13.7 Å². The van der Waals surface area contributed by atoms with Crippen molar-refractivity contribution in [1.82, 2.24) is 5.32 Å². The first-order valence-electron chi connectivity index (χ1n) is 7.97. The number of rotatable bonds is 11. The number of ether oxygens (including phenoxy) is 3. The Hall–Kier alpha value is -1.22. The van der Waals surface area contributed by atoms with E-state index in [9.17, 15) is 14.7 Å². The van der Waals surface area contributed by atoms with Crippen LogP contribution in [0.2, 0.25) is 0 Å². The van der Waals surface area contributed by atoms with E-state index in [1.807, 2.05) is 0 Å². The van der Waals surface area contributed by atoms with Crippen LogP contribution in [0.15, 0.2) is 0 Å². The normalized spacial score (nSPS) is 24.3. The van der Waals surface area contributed by atoms with Crippen LogP contribution in [0.1, 0.15) is 38.5 Å². The van der Waals surface area contributed by atoms with E-state index < -0.39 is 30.3 Å². The van der Waals surface area contributed by atoms with Crippen LogP contribution >= 0.6 is 0 Å². The molecule has 0 radical (unpaired) electrons. The summed E-state index contributed by atoms with van der Waals surface area (Å²) in [6, 6.07) is -0.818. The summed E-state index contributed by atoms with van der Waals surface area (Å²) in [5, 5.41) is 20.9. The monoisotopic (exact) mass is 333 g/mol. The van der Waals surface area contributed by atoms with Crippen LogP contribution in [0.4, 0.5) is 0 Å². The molecule has 1 aliphatic heterocycles. The van der Waals surface area contributed by atoms with Gasteiger partial charge in [-0.1, -0.05) is 12.8 Å². The summed E-state index contributed by atoms with van der Waals surface area (Å²) in [6.45, 7) is 0.487. The number of carbonyl (C=O) groups excluding carboxylic acids is 1. The summed E-state index contributed by atoms with van der Waals surface area (Å²) in [4.78, 5) is 23.1. The van der Waals surface area contributed by atoms with Gasteiger partial charge in [-0.05, 0) is 25.7 Å². The molecule has 0 aromatic rings. The predicted octanol–water partition coefficient (Wildman–Crippen LogP) is 0.278. The van der Waals surface area contributed by atoms with Gasteiger partial charge in [0.2, 0.25) is 5.91 Å². The molecule has 1 amide bonds. The van der Waals surface area contributed by atoms with Crippen LogP contribution in [-0.2, 0) is 23.8 Å². The molecule has 1 saturated heterocycles. The average Bonchev–Trinajstić information content (AvgIpc) is 2.55. The third kappa shape index (κ3) is 6.06. The molecule has 134 valence electrons. The third-order valence-electron chi connectivity index (χ3n) is 3.75. The van der Waals surface area contributed by atoms with E-state index >= 15 is 0 Å². The van der Waals surface area contributed by atoms with Gasteiger partial charge < -0.3 is 29.7 Å². The van der Waals surface area contributed by atoms with Crippen LogP contribution < -0.4 is 5.32 Å². The molecule has 2 unspecified atom stereocenters. The highest BCUT2D eigenvalue weighted by molar-refractivity contribution is 5.81.